The second-order valence-electron chi connectivity index (χ2n) is 8.67. The molecule has 0 aliphatic heterocycles. The van der Waals surface area contributed by atoms with E-state index in [1.165, 1.54) is 27.8 Å². The number of rotatable bonds is 5. The van der Waals surface area contributed by atoms with Crippen molar-refractivity contribution in [2.75, 3.05) is 0 Å². The molecule has 0 atom stereocenters. The van der Waals surface area contributed by atoms with Gasteiger partial charge in [-0.1, -0.05) is 127 Å². The Labute approximate surface area is 205 Å². The van der Waals surface area contributed by atoms with Crippen molar-refractivity contribution in [2.24, 2.45) is 0 Å². The molecule has 1 heteroatoms. The lowest BCUT2D eigenvalue weighted by molar-refractivity contribution is 0.631. The van der Waals surface area contributed by atoms with Crippen molar-refractivity contribution < 1.29 is 4.42 Å². The van der Waals surface area contributed by atoms with Crippen LogP contribution in [-0.4, -0.2) is 0 Å². The van der Waals surface area contributed by atoms with E-state index in [1.807, 2.05) is 12.1 Å². The lowest BCUT2D eigenvalue weighted by Gasteiger charge is -2.02. The molecule has 35 heavy (non-hydrogen) atoms. The molecule has 1 heterocycles. The summed E-state index contributed by atoms with van der Waals surface area (Å²) in [7, 11) is 0. The van der Waals surface area contributed by atoms with Crippen molar-refractivity contribution in [2.45, 2.75) is 0 Å². The van der Waals surface area contributed by atoms with E-state index >= 15 is 0 Å². The average Bonchev–Trinajstić information content (AvgIpc) is 3.37. The fourth-order valence-electron chi connectivity index (χ4n) is 4.36. The van der Waals surface area contributed by atoms with Crippen LogP contribution in [-0.2, 0) is 0 Å². The SMILES string of the molecule is C(=Cc1ccc(-c2cc3cc(-c4ccccc4)ccc3o2)cc1)c1ccc(-c2ccccc2)cc1. The molecule has 0 saturated carbocycles. The summed E-state index contributed by atoms with van der Waals surface area (Å²) in [5, 5.41) is 1.12. The minimum absolute atomic E-state index is 0.886. The highest BCUT2D eigenvalue weighted by Crippen LogP contribution is 2.31. The van der Waals surface area contributed by atoms with Crippen molar-refractivity contribution in [1.29, 1.82) is 0 Å². The van der Waals surface area contributed by atoms with E-state index < -0.39 is 0 Å². The topological polar surface area (TPSA) is 13.1 Å². The molecule has 0 aliphatic rings. The molecule has 1 aromatic heterocycles. The van der Waals surface area contributed by atoms with Crippen LogP contribution in [0.3, 0.4) is 0 Å². The van der Waals surface area contributed by atoms with E-state index in [-0.39, 0.29) is 0 Å². The second-order valence-corrected chi connectivity index (χ2v) is 8.67. The highest BCUT2D eigenvalue weighted by molar-refractivity contribution is 5.87. The molecule has 0 bridgehead atoms. The maximum Gasteiger partial charge on any atom is 0.135 e. The summed E-state index contributed by atoms with van der Waals surface area (Å²) in [6.45, 7) is 0. The maximum atomic E-state index is 6.14. The van der Waals surface area contributed by atoms with Crippen molar-refractivity contribution in [3.8, 4) is 33.6 Å². The van der Waals surface area contributed by atoms with E-state index in [4.69, 9.17) is 4.42 Å². The molecule has 0 saturated heterocycles. The van der Waals surface area contributed by atoms with Gasteiger partial charge in [0.05, 0.1) is 0 Å². The van der Waals surface area contributed by atoms with Gasteiger partial charge < -0.3 is 4.42 Å². The van der Waals surface area contributed by atoms with E-state index in [9.17, 15) is 0 Å². The maximum absolute atomic E-state index is 6.14. The molecule has 0 amide bonds. The Bertz CT molecular complexity index is 1590. The third-order valence-corrected chi connectivity index (χ3v) is 6.30. The van der Waals surface area contributed by atoms with Crippen LogP contribution >= 0.6 is 0 Å². The Morgan fingerprint density at radius 2 is 0.886 bits per heavy atom. The molecule has 6 aromatic rings. The Balaban J connectivity index is 1.19. The van der Waals surface area contributed by atoms with Gasteiger partial charge in [0.15, 0.2) is 0 Å². The van der Waals surface area contributed by atoms with Crippen LogP contribution in [0, 0.1) is 0 Å². The minimum atomic E-state index is 0.886. The summed E-state index contributed by atoms with van der Waals surface area (Å²) >= 11 is 0. The highest BCUT2D eigenvalue weighted by Gasteiger charge is 2.08. The van der Waals surface area contributed by atoms with Crippen molar-refractivity contribution >= 4 is 23.1 Å². The molecule has 0 radical (unpaired) electrons. The number of hydrogen-bond donors (Lipinski definition) is 0. The van der Waals surface area contributed by atoms with Gasteiger partial charge >= 0.3 is 0 Å². The molecular formula is C34H24O. The zero-order chi connectivity index (χ0) is 23.5. The van der Waals surface area contributed by atoms with Crippen molar-refractivity contribution in [3.63, 3.8) is 0 Å². The Kier molecular flexibility index (Phi) is 5.58. The van der Waals surface area contributed by atoms with E-state index in [0.29, 0.717) is 0 Å². The fourth-order valence-corrected chi connectivity index (χ4v) is 4.36. The lowest BCUT2D eigenvalue weighted by atomic mass is 10.0. The van der Waals surface area contributed by atoms with Gasteiger partial charge in [-0.15, -0.1) is 0 Å². The van der Waals surface area contributed by atoms with Crippen LogP contribution in [0.5, 0.6) is 0 Å². The standard InChI is InChI=1S/C34H24O/c1-3-7-27(8-4-1)29-17-13-25(14-18-29)11-12-26-15-19-30(20-16-26)34-24-32-23-31(21-22-33(32)35-34)28-9-5-2-6-10-28/h1-24H. The summed E-state index contributed by atoms with van der Waals surface area (Å²) in [5.41, 5.74) is 9.19. The molecule has 0 fully saturated rings. The zero-order valence-electron chi connectivity index (χ0n) is 19.3. The van der Waals surface area contributed by atoms with Crippen LogP contribution in [0.1, 0.15) is 11.1 Å². The summed E-state index contributed by atoms with van der Waals surface area (Å²) in [6, 6.07) is 46.5. The first-order valence-corrected chi connectivity index (χ1v) is 11.8. The summed E-state index contributed by atoms with van der Waals surface area (Å²) in [4.78, 5) is 0. The zero-order valence-corrected chi connectivity index (χ0v) is 19.3. The molecule has 0 spiro atoms. The van der Waals surface area contributed by atoms with Crippen LogP contribution < -0.4 is 0 Å². The first kappa shape index (κ1) is 20.9. The molecule has 166 valence electrons. The number of hydrogen-bond acceptors (Lipinski definition) is 1. The Hall–Kier alpha value is -4.62. The number of furan rings is 1. The molecule has 1 nitrogen and oxygen atoms in total. The van der Waals surface area contributed by atoms with Crippen LogP contribution in [0.4, 0.5) is 0 Å². The van der Waals surface area contributed by atoms with Crippen LogP contribution in [0.25, 0.3) is 56.7 Å². The molecule has 6 rings (SSSR count). The van der Waals surface area contributed by atoms with Crippen LogP contribution in [0.2, 0.25) is 0 Å². The van der Waals surface area contributed by atoms with Gasteiger partial charge in [-0.05, 0) is 51.6 Å². The summed E-state index contributed by atoms with van der Waals surface area (Å²) < 4.78 is 6.14. The average molecular weight is 449 g/mol. The summed E-state index contributed by atoms with van der Waals surface area (Å²) in [6.07, 6.45) is 4.29. The lowest BCUT2D eigenvalue weighted by Crippen LogP contribution is -1.78. The van der Waals surface area contributed by atoms with Crippen LogP contribution in [0.15, 0.2) is 138 Å². The van der Waals surface area contributed by atoms with Gasteiger partial charge in [-0.25, -0.2) is 0 Å². The predicted molar refractivity (Wildman–Crippen MR) is 148 cm³/mol. The third kappa shape index (κ3) is 4.58. The third-order valence-electron chi connectivity index (χ3n) is 6.30. The molecule has 0 unspecified atom stereocenters. The van der Waals surface area contributed by atoms with Gasteiger partial charge in [0.25, 0.3) is 0 Å². The van der Waals surface area contributed by atoms with Crippen molar-refractivity contribution in [3.05, 3.63) is 145 Å². The first-order valence-electron chi connectivity index (χ1n) is 11.8. The first-order chi connectivity index (χ1) is 17.3. The monoisotopic (exact) mass is 448 g/mol. The Morgan fingerprint density at radius 3 is 1.49 bits per heavy atom. The smallest absolute Gasteiger partial charge is 0.135 e. The Morgan fingerprint density at radius 1 is 0.400 bits per heavy atom. The van der Waals surface area contributed by atoms with E-state index in [1.54, 1.807) is 0 Å². The summed E-state index contributed by atoms with van der Waals surface area (Å²) in [5.74, 6) is 0.886. The predicted octanol–water partition coefficient (Wildman–Crippen LogP) is 9.60. The molecule has 0 N–H and O–H groups in total. The highest BCUT2D eigenvalue weighted by atomic mass is 16.3. The van der Waals surface area contributed by atoms with Gasteiger partial charge in [-0.2, -0.15) is 0 Å². The molecule has 5 aromatic carbocycles. The molecule has 0 aliphatic carbocycles. The second kappa shape index (κ2) is 9.32. The quantitative estimate of drug-likeness (QED) is 0.239. The van der Waals surface area contributed by atoms with Crippen molar-refractivity contribution in [1.82, 2.24) is 0 Å². The fraction of sp³-hybridized carbons (Fsp3) is 0. The normalized spacial score (nSPS) is 11.3. The molecular weight excluding hydrogens is 424 g/mol. The van der Waals surface area contributed by atoms with Gasteiger partial charge in [-0.3, -0.25) is 0 Å². The van der Waals surface area contributed by atoms with E-state index in [2.05, 4.69) is 133 Å². The van der Waals surface area contributed by atoms with Gasteiger partial charge in [0.1, 0.15) is 11.3 Å². The minimum Gasteiger partial charge on any atom is -0.456 e. The van der Waals surface area contributed by atoms with E-state index in [0.717, 1.165) is 27.9 Å². The van der Waals surface area contributed by atoms with Gasteiger partial charge in [0, 0.05) is 10.9 Å². The largest absolute Gasteiger partial charge is 0.456 e. The number of fused-ring (bicyclic) bond motifs is 1. The van der Waals surface area contributed by atoms with Gasteiger partial charge in [0.2, 0.25) is 0 Å². The number of benzene rings is 5.